The predicted octanol–water partition coefficient (Wildman–Crippen LogP) is 5.05. The summed E-state index contributed by atoms with van der Waals surface area (Å²) in [4.78, 5) is 11.8. The summed E-state index contributed by atoms with van der Waals surface area (Å²) in [7, 11) is 0. The van der Waals surface area contributed by atoms with Crippen LogP contribution in [-0.2, 0) is 0 Å². The lowest BCUT2D eigenvalue weighted by Gasteiger charge is -2.08. The van der Waals surface area contributed by atoms with E-state index in [0.29, 0.717) is 10.6 Å². The van der Waals surface area contributed by atoms with E-state index in [1.165, 1.54) is 36.4 Å². The van der Waals surface area contributed by atoms with Gasteiger partial charge in [-0.2, -0.15) is 0 Å². The molecule has 0 heterocycles. The molecule has 20 heavy (non-hydrogen) atoms. The summed E-state index contributed by atoms with van der Waals surface area (Å²) in [6, 6.07) is 8.06. The van der Waals surface area contributed by atoms with Crippen LogP contribution in [0.4, 0.5) is 4.39 Å². The molecule has 0 aliphatic carbocycles. The molecule has 0 atom stereocenters. The van der Waals surface area contributed by atoms with Gasteiger partial charge in [0, 0.05) is 11.6 Å². The molecule has 104 valence electrons. The molecule has 0 saturated heterocycles. The van der Waals surface area contributed by atoms with E-state index in [1.807, 2.05) is 0 Å². The number of carbonyl (C=O) groups is 1. The number of halogens is 4. The summed E-state index contributed by atoms with van der Waals surface area (Å²) in [5.41, 5.74) is 0.350. The molecule has 0 amide bonds. The third-order valence-electron chi connectivity index (χ3n) is 2.50. The summed E-state index contributed by atoms with van der Waals surface area (Å²) >= 11 is 17.5. The highest BCUT2D eigenvalue weighted by atomic mass is 35.5. The smallest absolute Gasteiger partial charge is 0.200 e. The Morgan fingerprint density at radius 1 is 1.00 bits per heavy atom. The Morgan fingerprint density at radius 2 is 1.60 bits per heavy atom. The third-order valence-corrected chi connectivity index (χ3v) is 3.52. The Balaban J connectivity index is 2.07. The van der Waals surface area contributed by atoms with Crippen LogP contribution in [0.25, 0.3) is 0 Å². The van der Waals surface area contributed by atoms with Gasteiger partial charge in [0.15, 0.2) is 12.4 Å². The van der Waals surface area contributed by atoms with Crippen LogP contribution in [0.1, 0.15) is 10.4 Å². The molecule has 0 N–H and O–H groups in total. The zero-order valence-corrected chi connectivity index (χ0v) is 12.3. The molecule has 2 aromatic rings. The van der Waals surface area contributed by atoms with Gasteiger partial charge in [0.25, 0.3) is 0 Å². The Labute approximate surface area is 130 Å². The van der Waals surface area contributed by atoms with E-state index in [9.17, 15) is 9.18 Å². The van der Waals surface area contributed by atoms with Gasteiger partial charge in [-0.05, 0) is 30.3 Å². The fourth-order valence-corrected chi connectivity index (χ4v) is 2.07. The van der Waals surface area contributed by atoms with Crippen molar-refractivity contribution in [2.24, 2.45) is 0 Å². The van der Waals surface area contributed by atoms with E-state index >= 15 is 0 Å². The molecule has 0 aliphatic heterocycles. The van der Waals surface area contributed by atoms with Gasteiger partial charge in [-0.1, -0.05) is 34.8 Å². The summed E-state index contributed by atoms with van der Waals surface area (Å²) < 4.78 is 18.0. The van der Waals surface area contributed by atoms with E-state index in [4.69, 9.17) is 39.5 Å². The molecular formula is C14H8Cl3FO2. The van der Waals surface area contributed by atoms with Crippen molar-refractivity contribution in [3.05, 3.63) is 62.8 Å². The second-order valence-corrected chi connectivity index (χ2v) is 5.14. The van der Waals surface area contributed by atoms with Gasteiger partial charge in [-0.3, -0.25) is 4.79 Å². The molecule has 0 bridgehead atoms. The highest BCUT2D eigenvalue weighted by Gasteiger charge is 2.11. The van der Waals surface area contributed by atoms with Crippen LogP contribution in [0.15, 0.2) is 36.4 Å². The number of ketones is 1. The average molecular weight is 334 g/mol. The van der Waals surface area contributed by atoms with Gasteiger partial charge in [-0.25, -0.2) is 4.39 Å². The Bertz CT molecular complexity index is 642. The largest absolute Gasteiger partial charge is 0.484 e. The molecule has 0 spiro atoms. The number of carbonyl (C=O) groups excluding carboxylic acids is 1. The predicted molar refractivity (Wildman–Crippen MR) is 77.7 cm³/mol. The van der Waals surface area contributed by atoms with Crippen LogP contribution in [0.5, 0.6) is 5.75 Å². The first-order valence-corrected chi connectivity index (χ1v) is 6.67. The van der Waals surface area contributed by atoms with Crippen LogP contribution >= 0.6 is 34.8 Å². The highest BCUT2D eigenvalue weighted by Crippen LogP contribution is 2.33. The van der Waals surface area contributed by atoms with Crippen molar-refractivity contribution >= 4 is 40.6 Å². The molecule has 2 aromatic carbocycles. The first kappa shape index (κ1) is 15.1. The van der Waals surface area contributed by atoms with Crippen molar-refractivity contribution in [1.82, 2.24) is 0 Å². The number of hydrogen-bond donors (Lipinski definition) is 0. The first-order chi connectivity index (χ1) is 9.47. The van der Waals surface area contributed by atoms with Gasteiger partial charge in [-0.15, -0.1) is 0 Å². The third kappa shape index (κ3) is 3.63. The molecule has 0 aliphatic rings. The monoisotopic (exact) mass is 332 g/mol. The average Bonchev–Trinajstić information content (AvgIpc) is 2.42. The summed E-state index contributed by atoms with van der Waals surface area (Å²) in [6.45, 7) is -0.233. The summed E-state index contributed by atoms with van der Waals surface area (Å²) in [5.74, 6) is -0.446. The van der Waals surface area contributed by atoms with E-state index in [2.05, 4.69) is 0 Å². The maximum atomic E-state index is 12.7. The summed E-state index contributed by atoms with van der Waals surface area (Å²) in [5, 5.41) is 0.834. The zero-order valence-electron chi connectivity index (χ0n) is 10.00. The van der Waals surface area contributed by atoms with Crippen LogP contribution in [0.3, 0.4) is 0 Å². The molecule has 2 nitrogen and oxygen atoms in total. The van der Waals surface area contributed by atoms with Crippen LogP contribution in [0, 0.1) is 5.82 Å². The fraction of sp³-hybridized carbons (Fsp3) is 0.0714. The van der Waals surface area contributed by atoms with Crippen LogP contribution < -0.4 is 4.74 Å². The van der Waals surface area contributed by atoms with Crippen molar-refractivity contribution in [1.29, 1.82) is 0 Å². The molecule has 0 fully saturated rings. The SMILES string of the molecule is O=C(COc1cc(Cl)c(Cl)cc1Cl)c1ccc(F)cc1. The molecule has 0 aromatic heterocycles. The minimum absolute atomic E-state index is 0.233. The van der Waals surface area contributed by atoms with Crippen molar-refractivity contribution in [3.8, 4) is 5.75 Å². The van der Waals surface area contributed by atoms with Crippen LogP contribution in [0.2, 0.25) is 15.1 Å². The second kappa shape index (κ2) is 6.44. The summed E-state index contributed by atoms with van der Waals surface area (Å²) in [6.07, 6.45) is 0. The van der Waals surface area contributed by atoms with E-state index in [0.717, 1.165) is 0 Å². The minimum Gasteiger partial charge on any atom is -0.484 e. The lowest BCUT2D eigenvalue weighted by molar-refractivity contribution is 0.0921. The Hall–Kier alpha value is -1.29. The fourth-order valence-electron chi connectivity index (χ4n) is 1.48. The van der Waals surface area contributed by atoms with Gasteiger partial charge in [0.1, 0.15) is 11.6 Å². The molecule has 0 unspecified atom stereocenters. The zero-order chi connectivity index (χ0) is 14.7. The molecular weight excluding hydrogens is 326 g/mol. The quantitative estimate of drug-likeness (QED) is 0.578. The lowest BCUT2D eigenvalue weighted by atomic mass is 10.1. The lowest BCUT2D eigenvalue weighted by Crippen LogP contribution is -2.11. The standard InChI is InChI=1S/C14H8Cl3FO2/c15-10-5-12(17)14(6-11(10)16)20-7-13(19)8-1-3-9(18)4-2-8/h1-6H,7H2. The Kier molecular flexibility index (Phi) is 4.86. The molecule has 6 heteroatoms. The number of ether oxygens (including phenoxy) is 1. The van der Waals surface area contributed by atoms with Gasteiger partial charge in [0.05, 0.1) is 15.1 Å². The maximum absolute atomic E-state index is 12.7. The van der Waals surface area contributed by atoms with Crippen molar-refractivity contribution in [3.63, 3.8) is 0 Å². The highest BCUT2D eigenvalue weighted by molar-refractivity contribution is 6.43. The van der Waals surface area contributed by atoms with Crippen molar-refractivity contribution in [2.45, 2.75) is 0 Å². The van der Waals surface area contributed by atoms with Crippen LogP contribution in [-0.4, -0.2) is 12.4 Å². The number of rotatable bonds is 4. The minimum atomic E-state index is -0.407. The normalized spacial score (nSPS) is 10.4. The maximum Gasteiger partial charge on any atom is 0.200 e. The van der Waals surface area contributed by atoms with E-state index in [1.54, 1.807) is 0 Å². The van der Waals surface area contributed by atoms with Gasteiger partial charge in [0.2, 0.25) is 0 Å². The first-order valence-electron chi connectivity index (χ1n) is 5.53. The van der Waals surface area contributed by atoms with Crippen molar-refractivity contribution < 1.29 is 13.9 Å². The molecule has 0 radical (unpaired) electrons. The number of Topliss-reactive ketones (excluding diaryl/α,β-unsaturated/α-hetero) is 1. The van der Waals surface area contributed by atoms with Crippen molar-refractivity contribution in [2.75, 3.05) is 6.61 Å². The van der Waals surface area contributed by atoms with Gasteiger partial charge >= 0.3 is 0 Å². The Morgan fingerprint density at radius 3 is 2.25 bits per heavy atom. The van der Waals surface area contributed by atoms with Gasteiger partial charge < -0.3 is 4.74 Å². The molecule has 0 saturated carbocycles. The van der Waals surface area contributed by atoms with E-state index < -0.39 is 5.82 Å². The number of benzene rings is 2. The van der Waals surface area contributed by atoms with E-state index in [-0.39, 0.29) is 28.2 Å². The molecule has 2 rings (SSSR count). The second-order valence-electron chi connectivity index (χ2n) is 3.92. The number of hydrogen-bond acceptors (Lipinski definition) is 2. The topological polar surface area (TPSA) is 26.3 Å².